The van der Waals surface area contributed by atoms with E-state index in [9.17, 15) is 0 Å². The average molecular weight is 377 g/mol. The maximum absolute atomic E-state index is 4.47. The molecule has 1 N–H and O–H groups in total. The van der Waals surface area contributed by atoms with Crippen LogP contribution in [0.5, 0.6) is 0 Å². The van der Waals surface area contributed by atoms with Gasteiger partial charge in [0.1, 0.15) is 0 Å². The van der Waals surface area contributed by atoms with Crippen LogP contribution in [0.2, 0.25) is 0 Å². The van der Waals surface area contributed by atoms with Gasteiger partial charge < -0.3 is 5.32 Å². The molecule has 0 saturated heterocycles. The molecule has 0 saturated carbocycles. The number of aryl methyl sites for hydroxylation is 2. The molecule has 4 nitrogen and oxygen atoms in total. The molecule has 0 aliphatic heterocycles. The summed E-state index contributed by atoms with van der Waals surface area (Å²) in [4.78, 5) is 11.3. The second-order valence-corrected chi connectivity index (χ2v) is 6.58. The number of rotatable bonds is 8. The minimum absolute atomic E-state index is 0.812. The smallest absolute Gasteiger partial charge is 0.0544 e. The van der Waals surface area contributed by atoms with Gasteiger partial charge in [-0.3, -0.25) is 14.9 Å². The minimum atomic E-state index is 0.812. The SMILES string of the molecule is CC.Cc1ccc(NCCN(Cc2ccccn2)Cc2ccccn2)cc1C. The van der Waals surface area contributed by atoms with Crippen molar-refractivity contribution < 1.29 is 0 Å². The molecule has 0 fully saturated rings. The molecule has 0 bridgehead atoms. The number of benzene rings is 1. The van der Waals surface area contributed by atoms with Crippen molar-refractivity contribution in [1.82, 2.24) is 14.9 Å². The van der Waals surface area contributed by atoms with Crippen LogP contribution in [0.1, 0.15) is 36.4 Å². The third-order valence-corrected chi connectivity index (χ3v) is 4.49. The summed E-state index contributed by atoms with van der Waals surface area (Å²) >= 11 is 0. The molecule has 0 amide bonds. The summed E-state index contributed by atoms with van der Waals surface area (Å²) in [7, 11) is 0. The van der Waals surface area contributed by atoms with Gasteiger partial charge in [0.2, 0.25) is 0 Å². The second-order valence-electron chi connectivity index (χ2n) is 6.58. The molecular formula is C24H32N4. The van der Waals surface area contributed by atoms with Gasteiger partial charge in [0.15, 0.2) is 0 Å². The monoisotopic (exact) mass is 376 g/mol. The molecule has 2 heterocycles. The number of pyridine rings is 2. The van der Waals surface area contributed by atoms with Crippen LogP contribution >= 0.6 is 0 Å². The van der Waals surface area contributed by atoms with Crippen LogP contribution < -0.4 is 5.32 Å². The number of nitrogens with one attached hydrogen (secondary N) is 1. The quantitative estimate of drug-likeness (QED) is 0.584. The maximum atomic E-state index is 4.47. The van der Waals surface area contributed by atoms with Crippen molar-refractivity contribution in [3.8, 4) is 0 Å². The van der Waals surface area contributed by atoms with E-state index in [1.165, 1.54) is 16.8 Å². The summed E-state index contributed by atoms with van der Waals surface area (Å²) in [6.45, 7) is 11.7. The van der Waals surface area contributed by atoms with Gasteiger partial charge >= 0.3 is 0 Å². The second kappa shape index (κ2) is 11.9. The van der Waals surface area contributed by atoms with Crippen LogP contribution in [0.15, 0.2) is 67.0 Å². The van der Waals surface area contributed by atoms with E-state index in [0.29, 0.717) is 0 Å². The summed E-state index contributed by atoms with van der Waals surface area (Å²) in [5.41, 5.74) is 5.96. The predicted molar refractivity (Wildman–Crippen MR) is 118 cm³/mol. The third kappa shape index (κ3) is 7.12. The predicted octanol–water partition coefficient (Wildman–Crippen LogP) is 5.23. The van der Waals surface area contributed by atoms with Gasteiger partial charge in [-0.25, -0.2) is 0 Å². The Hall–Kier alpha value is -2.72. The average Bonchev–Trinajstić information content (AvgIpc) is 2.73. The first-order valence-corrected chi connectivity index (χ1v) is 10.0. The van der Waals surface area contributed by atoms with Crippen molar-refractivity contribution in [2.75, 3.05) is 18.4 Å². The normalized spacial score (nSPS) is 10.3. The molecule has 148 valence electrons. The van der Waals surface area contributed by atoms with Gasteiger partial charge in [0.25, 0.3) is 0 Å². The van der Waals surface area contributed by atoms with Crippen LogP contribution in [0.4, 0.5) is 5.69 Å². The summed E-state index contributed by atoms with van der Waals surface area (Å²) in [6.07, 6.45) is 3.70. The van der Waals surface area contributed by atoms with Crippen molar-refractivity contribution in [1.29, 1.82) is 0 Å². The first kappa shape index (κ1) is 21.6. The van der Waals surface area contributed by atoms with Gasteiger partial charge in [0.05, 0.1) is 11.4 Å². The summed E-state index contributed by atoms with van der Waals surface area (Å²) in [6, 6.07) is 18.6. The lowest BCUT2D eigenvalue weighted by Gasteiger charge is -2.22. The van der Waals surface area contributed by atoms with Crippen LogP contribution in [-0.4, -0.2) is 28.0 Å². The zero-order valence-corrected chi connectivity index (χ0v) is 17.5. The summed E-state index contributed by atoms with van der Waals surface area (Å²) < 4.78 is 0. The lowest BCUT2D eigenvalue weighted by atomic mass is 10.1. The fourth-order valence-corrected chi connectivity index (χ4v) is 2.87. The van der Waals surface area contributed by atoms with Gasteiger partial charge in [-0.15, -0.1) is 0 Å². The van der Waals surface area contributed by atoms with Gasteiger partial charge in [-0.05, 0) is 61.4 Å². The molecule has 3 aromatic rings. The molecule has 4 heteroatoms. The van der Waals surface area contributed by atoms with Crippen molar-refractivity contribution in [3.05, 3.63) is 89.5 Å². The van der Waals surface area contributed by atoms with E-state index in [0.717, 1.165) is 37.6 Å². The number of nitrogens with zero attached hydrogens (tertiary/aromatic N) is 3. The van der Waals surface area contributed by atoms with Crippen LogP contribution in [0, 0.1) is 13.8 Å². The number of aromatic nitrogens is 2. The van der Waals surface area contributed by atoms with E-state index in [1.54, 1.807) is 0 Å². The molecule has 3 rings (SSSR count). The Morgan fingerprint density at radius 1 is 0.786 bits per heavy atom. The van der Waals surface area contributed by atoms with Crippen molar-refractivity contribution in [3.63, 3.8) is 0 Å². The number of hydrogen-bond donors (Lipinski definition) is 1. The van der Waals surface area contributed by atoms with Gasteiger partial charge in [-0.2, -0.15) is 0 Å². The van der Waals surface area contributed by atoms with Crippen molar-refractivity contribution >= 4 is 5.69 Å². The largest absolute Gasteiger partial charge is 0.384 e. The van der Waals surface area contributed by atoms with Crippen molar-refractivity contribution in [2.24, 2.45) is 0 Å². The molecule has 0 aliphatic carbocycles. The van der Waals surface area contributed by atoms with Crippen molar-refractivity contribution in [2.45, 2.75) is 40.8 Å². The van der Waals surface area contributed by atoms with Crippen LogP contribution in [-0.2, 0) is 13.1 Å². The molecule has 2 aromatic heterocycles. The molecule has 1 aromatic carbocycles. The Morgan fingerprint density at radius 2 is 1.39 bits per heavy atom. The molecule has 0 radical (unpaired) electrons. The van der Waals surface area contributed by atoms with Gasteiger partial charge in [-0.1, -0.05) is 32.0 Å². The molecule has 0 spiro atoms. The number of anilines is 1. The Kier molecular flexibility index (Phi) is 9.16. The third-order valence-electron chi connectivity index (χ3n) is 4.49. The fraction of sp³-hybridized carbons (Fsp3) is 0.333. The Morgan fingerprint density at radius 3 is 1.89 bits per heavy atom. The van der Waals surface area contributed by atoms with E-state index in [-0.39, 0.29) is 0 Å². The lowest BCUT2D eigenvalue weighted by molar-refractivity contribution is 0.261. The molecular weight excluding hydrogens is 344 g/mol. The minimum Gasteiger partial charge on any atom is -0.384 e. The maximum Gasteiger partial charge on any atom is 0.0544 e. The first-order valence-electron chi connectivity index (χ1n) is 10.0. The first-order chi connectivity index (χ1) is 13.7. The van der Waals surface area contributed by atoms with E-state index in [2.05, 4.69) is 64.4 Å². The summed E-state index contributed by atoms with van der Waals surface area (Å²) in [5, 5.41) is 3.53. The highest BCUT2D eigenvalue weighted by Gasteiger charge is 2.09. The molecule has 0 aliphatic rings. The van der Waals surface area contributed by atoms with Crippen LogP contribution in [0.25, 0.3) is 0 Å². The topological polar surface area (TPSA) is 41.0 Å². The van der Waals surface area contributed by atoms with E-state index < -0.39 is 0 Å². The molecule has 28 heavy (non-hydrogen) atoms. The van der Waals surface area contributed by atoms with E-state index in [4.69, 9.17) is 0 Å². The molecule has 0 unspecified atom stereocenters. The Bertz CT molecular complexity index is 762. The highest BCUT2D eigenvalue weighted by Crippen LogP contribution is 2.14. The Balaban J connectivity index is 0.00000136. The lowest BCUT2D eigenvalue weighted by Crippen LogP contribution is -2.29. The van der Waals surface area contributed by atoms with Gasteiger partial charge in [0, 0.05) is 44.3 Å². The zero-order chi connectivity index (χ0) is 20.2. The highest BCUT2D eigenvalue weighted by molar-refractivity contribution is 5.48. The number of hydrogen-bond acceptors (Lipinski definition) is 4. The fourth-order valence-electron chi connectivity index (χ4n) is 2.87. The van der Waals surface area contributed by atoms with E-state index >= 15 is 0 Å². The van der Waals surface area contributed by atoms with Crippen LogP contribution in [0.3, 0.4) is 0 Å². The highest BCUT2D eigenvalue weighted by atomic mass is 15.1. The molecule has 0 atom stereocenters. The summed E-state index contributed by atoms with van der Waals surface area (Å²) in [5.74, 6) is 0. The zero-order valence-electron chi connectivity index (χ0n) is 17.5. The standard InChI is InChI=1S/C22H26N4.C2H6/c1-18-9-10-20(15-19(18)2)25-13-14-26(16-21-7-3-5-11-23-21)17-22-8-4-6-12-24-22;1-2/h3-12,15,25H,13-14,16-17H2,1-2H3;1-2H3. The Labute approximate surface area is 169 Å². The van der Waals surface area contributed by atoms with E-state index in [1.807, 2.05) is 50.5 Å².